The number of rotatable bonds is 5. The van der Waals surface area contributed by atoms with Crippen molar-refractivity contribution in [2.75, 3.05) is 23.4 Å². The molecule has 5 nitrogen and oxygen atoms in total. The SMILES string of the molecule is Cc1cc(N2Cc3ccccc3C[C@H]2C)nc(NCCCO)n1. The number of nitrogens with one attached hydrogen (secondary N) is 1. The maximum Gasteiger partial charge on any atom is 0.224 e. The van der Waals surface area contributed by atoms with Crippen molar-refractivity contribution in [3.05, 3.63) is 47.2 Å². The smallest absolute Gasteiger partial charge is 0.224 e. The van der Waals surface area contributed by atoms with Crippen LogP contribution in [0.2, 0.25) is 0 Å². The first kappa shape index (κ1) is 15.7. The maximum absolute atomic E-state index is 8.90. The van der Waals surface area contributed by atoms with Gasteiger partial charge < -0.3 is 15.3 Å². The van der Waals surface area contributed by atoms with E-state index in [4.69, 9.17) is 5.11 Å². The van der Waals surface area contributed by atoms with Crippen LogP contribution in [0.4, 0.5) is 11.8 Å². The highest BCUT2D eigenvalue weighted by molar-refractivity contribution is 5.49. The highest BCUT2D eigenvalue weighted by atomic mass is 16.3. The van der Waals surface area contributed by atoms with E-state index in [0.29, 0.717) is 25.0 Å². The lowest BCUT2D eigenvalue weighted by molar-refractivity contribution is 0.292. The molecule has 1 aliphatic heterocycles. The van der Waals surface area contributed by atoms with Gasteiger partial charge in [0.25, 0.3) is 0 Å². The van der Waals surface area contributed by atoms with Crippen LogP contribution in [0.3, 0.4) is 0 Å². The summed E-state index contributed by atoms with van der Waals surface area (Å²) >= 11 is 0. The van der Waals surface area contributed by atoms with Crippen LogP contribution >= 0.6 is 0 Å². The van der Waals surface area contributed by atoms with E-state index in [-0.39, 0.29) is 6.61 Å². The van der Waals surface area contributed by atoms with Crippen LogP contribution in [0.1, 0.15) is 30.2 Å². The van der Waals surface area contributed by atoms with Gasteiger partial charge in [-0.25, -0.2) is 4.98 Å². The fourth-order valence-corrected chi connectivity index (χ4v) is 3.04. The fraction of sp³-hybridized carbons (Fsp3) is 0.444. The molecule has 2 N–H and O–H groups in total. The average molecular weight is 312 g/mol. The minimum atomic E-state index is 0.172. The van der Waals surface area contributed by atoms with Crippen LogP contribution in [-0.2, 0) is 13.0 Å². The van der Waals surface area contributed by atoms with Crippen molar-refractivity contribution in [3.8, 4) is 0 Å². The van der Waals surface area contributed by atoms with Gasteiger partial charge >= 0.3 is 0 Å². The summed E-state index contributed by atoms with van der Waals surface area (Å²) in [7, 11) is 0. The first-order valence-electron chi connectivity index (χ1n) is 8.21. The highest BCUT2D eigenvalue weighted by Gasteiger charge is 2.24. The monoisotopic (exact) mass is 312 g/mol. The second-order valence-electron chi connectivity index (χ2n) is 6.14. The molecule has 0 unspecified atom stereocenters. The minimum Gasteiger partial charge on any atom is -0.396 e. The number of anilines is 2. The third-order valence-electron chi connectivity index (χ3n) is 4.26. The summed E-state index contributed by atoms with van der Waals surface area (Å²) in [5.41, 5.74) is 3.76. The van der Waals surface area contributed by atoms with Crippen LogP contribution in [0.5, 0.6) is 0 Å². The molecule has 0 aliphatic carbocycles. The predicted octanol–water partition coefficient (Wildman–Crippen LogP) is 2.53. The number of fused-ring (bicyclic) bond motifs is 1. The van der Waals surface area contributed by atoms with E-state index in [2.05, 4.69) is 51.4 Å². The van der Waals surface area contributed by atoms with Gasteiger partial charge in [-0.05, 0) is 37.8 Å². The summed E-state index contributed by atoms with van der Waals surface area (Å²) in [4.78, 5) is 11.5. The van der Waals surface area contributed by atoms with E-state index < -0.39 is 0 Å². The van der Waals surface area contributed by atoms with Crippen molar-refractivity contribution in [1.29, 1.82) is 0 Å². The molecule has 23 heavy (non-hydrogen) atoms. The molecule has 0 fully saturated rings. The Hall–Kier alpha value is -2.14. The molecular formula is C18H24N4O. The van der Waals surface area contributed by atoms with Gasteiger partial charge in [0.15, 0.2) is 0 Å². The van der Waals surface area contributed by atoms with Gasteiger partial charge in [0.1, 0.15) is 5.82 Å². The molecule has 2 aromatic rings. The Labute approximate surface area is 137 Å². The zero-order chi connectivity index (χ0) is 16.2. The molecule has 5 heteroatoms. The summed E-state index contributed by atoms with van der Waals surface area (Å²) in [6.45, 7) is 5.96. The Balaban J connectivity index is 1.83. The number of aryl methyl sites for hydroxylation is 1. The number of aromatic nitrogens is 2. The Bertz CT molecular complexity index is 674. The topological polar surface area (TPSA) is 61.3 Å². The molecule has 0 amide bonds. The standard InChI is InChI=1S/C18H24N4O/c1-13-10-17(21-18(20-13)19-8-5-9-23)22-12-16-7-4-3-6-15(16)11-14(22)2/h3-4,6-7,10,14,23H,5,8-9,11-12H2,1-2H3,(H,19,20,21)/t14-/m1/s1. The molecule has 0 bridgehead atoms. The first-order valence-corrected chi connectivity index (χ1v) is 8.21. The number of hydrogen-bond donors (Lipinski definition) is 2. The molecule has 0 saturated heterocycles. The van der Waals surface area contributed by atoms with Gasteiger partial charge in [-0.15, -0.1) is 0 Å². The molecule has 1 aromatic heterocycles. The van der Waals surface area contributed by atoms with Crippen LogP contribution in [0, 0.1) is 6.92 Å². The third-order valence-corrected chi connectivity index (χ3v) is 4.26. The van der Waals surface area contributed by atoms with Crippen LogP contribution in [0.15, 0.2) is 30.3 Å². The van der Waals surface area contributed by atoms with Gasteiger partial charge in [-0.1, -0.05) is 24.3 Å². The Kier molecular flexibility index (Phi) is 4.76. The molecule has 2 heterocycles. The lowest BCUT2D eigenvalue weighted by Crippen LogP contribution is -2.39. The molecule has 1 aliphatic rings. The van der Waals surface area contributed by atoms with E-state index in [1.54, 1.807) is 0 Å². The summed E-state index contributed by atoms with van der Waals surface area (Å²) < 4.78 is 0. The van der Waals surface area contributed by atoms with Crippen molar-refractivity contribution >= 4 is 11.8 Å². The lowest BCUT2D eigenvalue weighted by Gasteiger charge is -2.36. The highest BCUT2D eigenvalue weighted by Crippen LogP contribution is 2.28. The van der Waals surface area contributed by atoms with E-state index in [9.17, 15) is 0 Å². The molecule has 3 rings (SSSR count). The van der Waals surface area contributed by atoms with Gasteiger partial charge in [0, 0.05) is 37.5 Å². The molecule has 122 valence electrons. The number of nitrogens with zero attached hydrogens (tertiary/aromatic N) is 3. The summed E-state index contributed by atoms with van der Waals surface area (Å²) in [5.74, 6) is 1.60. The average Bonchev–Trinajstić information content (AvgIpc) is 2.54. The Morgan fingerprint density at radius 1 is 1.26 bits per heavy atom. The zero-order valence-electron chi connectivity index (χ0n) is 13.8. The molecule has 0 spiro atoms. The van der Waals surface area contributed by atoms with E-state index in [1.807, 2.05) is 13.0 Å². The first-order chi connectivity index (χ1) is 11.2. The number of aliphatic hydroxyl groups excluding tert-OH is 1. The fourth-order valence-electron chi connectivity index (χ4n) is 3.04. The Morgan fingerprint density at radius 3 is 2.83 bits per heavy atom. The van der Waals surface area contributed by atoms with Gasteiger partial charge in [0.05, 0.1) is 0 Å². The summed E-state index contributed by atoms with van der Waals surface area (Å²) in [5, 5.41) is 12.1. The Morgan fingerprint density at radius 2 is 2.04 bits per heavy atom. The second kappa shape index (κ2) is 6.96. The molecule has 1 aromatic carbocycles. The van der Waals surface area contributed by atoms with Crippen molar-refractivity contribution in [1.82, 2.24) is 9.97 Å². The van der Waals surface area contributed by atoms with Crippen LogP contribution < -0.4 is 10.2 Å². The molecule has 0 radical (unpaired) electrons. The predicted molar refractivity (Wildman–Crippen MR) is 92.8 cm³/mol. The second-order valence-corrected chi connectivity index (χ2v) is 6.14. The van der Waals surface area contributed by atoms with E-state index in [1.165, 1.54) is 11.1 Å². The maximum atomic E-state index is 8.90. The minimum absolute atomic E-state index is 0.172. The van der Waals surface area contributed by atoms with Crippen molar-refractivity contribution in [2.24, 2.45) is 0 Å². The van der Waals surface area contributed by atoms with Crippen molar-refractivity contribution in [3.63, 3.8) is 0 Å². The largest absolute Gasteiger partial charge is 0.396 e. The zero-order valence-corrected chi connectivity index (χ0v) is 13.8. The molecule has 0 saturated carbocycles. The summed E-state index contributed by atoms with van der Waals surface area (Å²) in [6, 6.07) is 11.1. The third kappa shape index (κ3) is 3.62. The number of benzene rings is 1. The van der Waals surface area contributed by atoms with Gasteiger partial charge in [-0.3, -0.25) is 0 Å². The molecular weight excluding hydrogens is 288 g/mol. The van der Waals surface area contributed by atoms with Gasteiger partial charge in [0.2, 0.25) is 5.95 Å². The van der Waals surface area contributed by atoms with Crippen LogP contribution in [0.25, 0.3) is 0 Å². The van der Waals surface area contributed by atoms with E-state index >= 15 is 0 Å². The van der Waals surface area contributed by atoms with Gasteiger partial charge in [-0.2, -0.15) is 4.98 Å². The van der Waals surface area contributed by atoms with Crippen molar-refractivity contribution < 1.29 is 5.11 Å². The van der Waals surface area contributed by atoms with Crippen LogP contribution in [-0.4, -0.2) is 34.3 Å². The number of hydrogen-bond acceptors (Lipinski definition) is 5. The quantitative estimate of drug-likeness (QED) is 0.831. The summed E-state index contributed by atoms with van der Waals surface area (Å²) in [6.07, 6.45) is 1.73. The molecule has 1 atom stereocenters. The van der Waals surface area contributed by atoms with Crippen molar-refractivity contribution in [2.45, 2.75) is 39.3 Å². The van der Waals surface area contributed by atoms with E-state index in [0.717, 1.165) is 24.5 Å². The lowest BCUT2D eigenvalue weighted by atomic mass is 9.95. The number of aliphatic hydroxyl groups is 1. The normalized spacial score (nSPS) is 17.0.